The highest BCUT2D eigenvalue weighted by Crippen LogP contribution is 2.20. The van der Waals surface area contributed by atoms with E-state index >= 15 is 0 Å². The first-order chi connectivity index (χ1) is 8.29. The van der Waals surface area contributed by atoms with Gasteiger partial charge in [-0.05, 0) is 54.1 Å². The first-order valence-corrected chi connectivity index (χ1v) is 7.23. The molecule has 4 heteroatoms. The lowest BCUT2D eigenvalue weighted by molar-refractivity contribution is -0.131. The van der Waals surface area contributed by atoms with E-state index < -0.39 is 0 Å². The van der Waals surface area contributed by atoms with Crippen molar-refractivity contribution in [2.75, 3.05) is 19.6 Å². The Bertz CT molecular complexity index is 342. The molecule has 0 radical (unpaired) electrons. The smallest absolute Gasteiger partial charge is 0.227 e. The molecule has 1 aromatic heterocycles. The van der Waals surface area contributed by atoms with Gasteiger partial charge in [0.15, 0.2) is 0 Å². The summed E-state index contributed by atoms with van der Waals surface area (Å²) in [5.41, 5.74) is 6.71. The van der Waals surface area contributed by atoms with Crippen LogP contribution < -0.4 is 5.73 Å². The van der Waals surface area contributed by atoms with Crippen LogP contribution in [-0.2, 0) is 11.2 Å². The molecule has 0 bridgehead atoms. The van der Waals surface area contributed by atoms with E-state index in [1.165, 1.54) is 0 Å². The number of thiophene rings is 1. The largest absolute Gasteiger partial charge is 0.342 e. The molecule has 1 fully saturated rings. The van der Waals surface area contributed by atoms with Crippen LogP contribution in [0.1, 0.15) is 24.8 Å². The van der Waals surface area contributed by atoms with Crippen molar-refractivity contribution < 1.29 is 4.79 Å². The third kappa shape index (κ3) is 3.54. The molecule has 2 heterocycles. The summed E-state index contributed by atoms with van der Waals surface area (Å²) < 4.78 is 0. The van der Waals surface area contributed by atoms with Gasteiger partial charge in [0.2, 0.25) is 5.91 Å². The topological polar surface area (TPSA) is 46.3 Å². The lowest BCUT2D eigenvalue weighted by Gasteiger charge is -2.31. The van der Waals surface area contributed by atoms with Crippen molar-refractivity contribution in [3.63, 3.8) is 0 Å². The number of rotatable bonds is 4. The Balaban J connectivity index is 1.78. The number of likely N-dealkylation sites (tertiary alicyclic amines) is 1. The number of piperidine rings is 1. The van der Waals surface area contributed by atoms with Gasteiger partial charge in [0.1, 0.15) is 0 Å². The van der Waals surface area contributed by atoms with Crippen LogP contribution >= 0.6 is 11.3 Å². The highest BCUT2D eigenvalue weighted by Gasteiger charge is 2.22. The van der Waals surface area contributed by atoms with Gasteiger partial charge in [0, 0.05) is 13.1 Å². The SMILES string of the molecule is NCCC1CCN(C(=O)Cc2ccsc2)CC1. The molecule has 2 rings (SSSR count). The average molecular weight is 252 g/mol. The maximum atomic E-state index is 12.0. The maximum Gasteiger partial charge on any atom is 0.227 e. The monoisotopic (exact) mass is 252 g/mol. The Labute approximate surface area is 107 Å². The molecule has 17 heavy (non-hydrogen) atoms. The molecule has 1 aliphatic heterocycles. The van der Waals surface area contributed by atoms with Crippen molar-refractivity contribution in [1.82, 2.24) is 4.90 Å². The molecule has 0 spiro atoms. The summed E-state index contributed by atoms with van der Waals surface area (Å²) in [6.07, 6.45) is 3.90. The Morgan fingerprint density at radius 3 is 2.82 bits per heavy atom. The summed E-state index contributed by atoms with van der Waals surface area (Å²) in [6.45, 7) is 2.59. The van der Waals surface area contributed by atoms with Crippen molar-refractivity contribution in [2.45, 2.75) is 25.7 Å². The number of carbonyl (C=O) groups excluding carboxylic acids is 1. The van der Waals surface area contributed by atoms with E-state index in [9.17, 15) is 4.79 Å². The fraction of sp³-hybridized carbons (Fsp3) is 0.615. The fourth-order valence-electron chi connectivity index (χ4n) is 2.39. The first-order valence-electron chi connectivity index (χ1n) is 6.28. The van der Waals surface area contributed by atoms with Crippen LogP contribution in [0.2, 0.25) is 0 Å². The Morgan fingerprint density at radius 1 is 1.47 bits per heavy atom. The van der Waals surface area contributed by atoms with Gasteiger partial charge < -0.3 is 10.6 Å². The standard InChI is InChI=1S/C13H20N2OS/c14-5-1-11-2-6-15(7-3-11)13(16)9-12-4-8-17-10-12/h4,8,10-11H,1-3,5-7,9,14H2. The fourth-order valence-corrected chi connectivity index (χ4v) is 3.06. The maximum absolute atomic E-state index is 12.0. The summed E-state index contributed by atoms with van der Waals surface area (Å²) in [5.74, 6) is 1.000. The molecular formula is C13H20N2OS. The summed E-state index contributed by atoms with van der Waals surface area (Å²) in [5, 5.41) is 4.08. The van der Waals surface area contributed by atoms with E-state index in [-0.39, 0.29) is 5.91 Å². The van der Waals surface area contributed by atoms with Crippen LogP contribution in [0.15, 0.2) is 16.8 Å². The molecule has 94 valence electrons. The Morgan fingerprint density at radius 2 is 2.24 bits per heavy atom. The summed E-state index contributed by atoms with van der Waals surface area (Å²) in [7, 11) is 0. The second kappa shape index (κ2) is 6.17. The Kier molecular flexibility index (Phi) is 4.57. The highest BCUT2D eigenvalue weighted by atomic mass is 32.1. The lowest BCUT2D eigenvalue weighted by Crippen LogP contribution is -2.39. The second-order valence-electron chi connectivity index (χ2n) is 4.71. The van der Waals surface area contributed by atoms with E-state index in [2.05, 4.69) is 5.38 Å². The molecule has 0 aromatic carbocycles. The predicted octanol–water partition coefficient (Wildman–Crippen LogP) is 1.88. The zero-order chi connectivity index (χ0) is 12.1. The van der Waals surface area contributed by atoms with Gasteiger partial charge in [0.25, 0.3) is 0 Å². The van der Waals surface area contributed by atoms with Crippen molar-refractivity contribution in [2.24, 2.45) is 11.7 Å². The summed E-state index contributed by atoms with van der Waals surface area (Å²) in [6, 6.07) is 2.03. The molecule has 0 unspecified atom stereocenters. The molecular weight excluding hydrogens is 232 g/mol. The molecule has 0 saturated carbocycles. The summed E-state index contributed by atoms with van der Waals surface area (Å²) in [4.78, 5) is 14.0. The molecule has 3 nitrogen and oxygen atoms in total. The van der Waals surface area contributed by atoms with Gasteiger partial charge in [0.05, 0.1) is 6.42 Å². The lowest BCUT2D eigenvalue weighted by atomic mass is 9.93. The number of hydrogen-bond acceptors (Lipinski definition) is 3. The van der Waals surface area contributed by atoms with Crippen LogP contribution in [0.5, 0.6) is 0 Å². The molecule has 1 saturated heterocycles. The van der Waals surface area contributed by atoms with Gasteiger partial charge in [-0.1, -0.05) is 0 Å². The third-order valence-corrected chi connectivity index (χ3v) is 4.21. The third-order valence-electron chi connectivity index (χ3n) is 3.48. The molecule has 2 N–H and O–H groups in total. The number of carbonyl (C=O) groups is 1. The quantitative estimate of drug-likeness (QED) is 0.889. The van der Waals surface area contributed by atoms with Gasteiger partial charge >= 0.3 is 0 Å². The number of nitrogens with two attached hydrogens (primary N) is 1. The molecule has 1 aromatic rings. The number of nitrogens with zero attached hydrogens (tertiary/aromatic N) is 1. The van der Waals surface area contributed by atoms with E-state index in [1.54, 1.807) is 11.3 Å². The van der Waals surface area contributed by atoms with E-state index in [4.69, 9.17) is 5.73 Å². The minimum Gasteiger partial charge on any atom is -0.342 e. The minimum atomic E-state index is 0.273. The summed E-state index contributed by atoms with van der Waals surface area (Å²) >= 11 is 1.65. The minimum absolute atomic E-state index is 0.273. The van der Waals surface area contributed by atoms with Crippen LogP contribution in [0, 0.1) is 5.92 Å². The van der Waals surface area contributed by atoms with Crippen LogP contribution in [-0.4, -0.2) is 30.4 Å². The predicted molar refractivity (Wildman–Crippen MR) is 71.0 cm³/mol. The number of amides is 1. The van der Waals surface area contributed by atoms with Gasteiger partial charge in [-0.15, -0.1) is 0 Å². The second-order valence-corrected chi connectivity index (χ2v) is 5.49. The highest BCUT2D eigenvalue weighted by molar-refractivity contribution is 7.07. The molecule has 0 atom stereocenters. The van der Waals surface area contributed by atoms with Crippen LogP contribution in [0.25, 0.3) is 0 Å². The molecule has 1 aliphatic rings. The van der Waals surface area contributed by atoms with Crippen molar-refractivity contribution >= 4 is 17.2 Å². The van der Waals surface area contributed by atoms with Gasteiger partial charge in [-0.2, -0.15) is 11.3 Å². The normalized spacial score (nSPS) is 17.4. The van der Waals surface area contributed by atoms with Gasteiger partial charge in [-0.3, -0.25) is 4.79 Å². The zero-order valence-corrected chi connectivity index (χ0v) is 10.9. The van der Waals surface area contributed by atoms with Crippen LogP contribution in [0.4, 0.5) is 0 Å². The van der Waals surface area contributed by atoms with E-state index in [1.807, 2.05) is 16.3 Å². The van der Waals surface area contributed by atoms with Crippen molar-refractivity contribution in [1.29, 1.82) is 0 Å². The van der Waals surface area contributed by atoms with Crippen molar-refractivity contribution in [3.8, 4) is 0 Å². The molecule has 0 aliphatic carbocycles. The van der Waals surface area contributed by atoms with Crippen LogP contribution in [0.3, 0.4) is 0 Å². The van der Waals surface area contributed by atoms with Crippen molar-refractivity contribution in [3.05, 3.63) is 22.4 Å². The average Bonchev–Trinajstić information content (AvgIpc) is 2.83. The zero-order valence-electron chi connectivity index (χ0n) is 10.1. The van der Waals surface area contributed by atoms with E-state index in [0.29, 0.717) is 6.42 Å². The Hall–Kier alpha value is -0.870. The van der Waals surface area contributed by atoms with E-state index in [0.717, 1.165) is 50.4 Å². The first kappa shape index (κ1) is 12.6. The molecule has 1 amide bonds. The number of hydrogen-bond donors (Lipinski definition) is 1. The van der Waals surface area contributed by atoms with Gasteiger partial charge in [-0.25, -0.2) is 0 Å².